The Bertz CT molecular complexity index is 663. The maximum absolute atomic E-state index is 13.8. The number of benzene rings is 1. The lowest BCUT2D eigenvalue weighted by Gasteiger charge is -2.25. The second-order valence-corrected chi connectivity index (χ2v) is 8.55. The first-order chi connectivity index (χ1) is 11.3. The standard InChI is InChI=1S/C17H23F2NO3S/c1-13(17-14(18)8-7-9-15(17)19)24(22,23)12-16(21)20-10-5-3-2-4-6-11-20/h7-9,13H,2-6,10-12H2,1H3/t13-/m0/s1. The summed E-state index contributed by atoms with van der Waals surface area (Å²) in [4.78, 5) is 13.9. The van der Waals surface area contributed by atoms with E-state index in [0.29, 0.717) is 13.1 Å². The first kappa shape index (κ1) is 18.8. The Morgan fingerprint density at radius 1 is 1.08 bits per heavy atom. The van der Waals surface area contributed by atoms with Crippen LogP contribution in [0.15, 0.2) is 18.2 Å². The molecule has 1 atom stereocenters. The Kier molecular flexibility index (Phi) is 6.32. The molecule has 1 fully saturated rings. The molecule has 1 aromatic carbocycles. The molecule has 7 heteroatoms. The Morgan fingerprint density at radius 2 is 1.58 bits per heavy atom. The zero-order valence-electron chi connectivity index (χ0n) is 13.8. The van der Waals surface area contributed by atoms with E-state index in [0.717, 1.165) is 44.2 Å². The third-order valence-electron chi connectivity index (χ3n) is 4.48. The van der Waals surface area contributed by atoms with Gasteiger partial charge in [0.1, 0.15) is 17.4 Å². The molecule has 4 nitrogen and oxygen atoms in total. The highest BCUT2D eigenvalue weighted by molar-refractivity contribution is 7.92. The minimum atomic E-state index is -4.00. The Hall–Kier alpha value is -1.50. The number of sulfone groups is 1. The number of carbonyl (C=O) groups excluding carboxylic acids is 1. The molecule has 1 aromatic rings. The van der Waals surface area contributed by atoms with Crippen molar-refractivity contribution in [2.45, 2.75) is 44.3 Å². The van der Waals surface area contributed by atoms with Crippen molar-refractivity contribution in [1.82, 2.24) is 4.90 Å². The molecule has 0 aliphatic carbocycles. The summed E-state index contributed by atoms with van der Waals surface area (Å²) in [6.45, 7) is 2.30. The van der Waals surface area contributed by atoms with E-state index in [-0.39, 0.29) is 0 Å². The van der Waals surface area contributed by atoms with Crippen molar-refractivity contribution in [1.29, 1.82) is 0 Å². The van der Waals surface area contributed by atoms with Crippen molar-refractivity contribution in [2.24, 2.45) is 0 Å². The van der Waals surface area contributed by atoms with Gasteiger partial charge in [-0.3, -0.25) is 4.79 Å². The van der Waals surface area contributed by atoms with Crippen LogP contribution in [0.1, 0.15) is 49.8 Å². The largest absolute Gasteiger partial charge is 0.342 e. The zero-order valence-corrected chi connectivity index (χ0v) is 14.6. The molecule has 1 aliphatic rings. The predicted molar refractivity (Wildman–Crippen MR) is 88.2 cm³/mol. The summed E-state index contributed by atoms with van der Waals surface area (Å²) in [5.41, 5.74) is -0.502. The number of carbonyl (C=O) groups is 1. The molecule has 1 aliphatic heterocycles. The predicted octanol–water partition coefficient (Wildman–Crippen LogP) is 3.23. The highest BCUT2D eigenvalue weighted by Crippen LogP contribution is 2.28. The number of likely N-dealkylation sites (tertiary alicyclic amines) is 1. The maximum Gasteiger partial charge on any atom is 0.237 e. The SMILES string of the molecule is C[C@@H](c1c(F)cccc1F)S(=O)(=O)CC(=O)N1CCCCCCC1. The summed E-state index contributed by atoms with van der Waals surface area (Å²) < 4.78 is 52.6. The molecule has 0 radical (unpaired) electrons. The van der Waals surface area contributed by atoms with Crippen LogP contribution in [0, 0.1) is 11.6 Å². The molecule has 1 amide bonds. The van der Waals surface area contributed by atoms with Crippen LogP contribution in [0.3, 0.4) is 0 Å². The fraction of sp³-hybridized carbons (Fsp3) is 0.588. The van der Waals surface area contributed by atoms with Crippen molar-refractivity contribution >= 4 is 15.7 Å². The van der Waals surface area contributed by atoms with E-state index < -0.39 is 43.9 Å². The van der Waals surface area contributed by atoms with Crippen molar-refractivity contribution in [3.05, 3.63) is 35.4 Å². The molecule has 0 spiro atoms. The van der Waals surface area contributed by atoms with Crippen molar-refractivity contribution in [2.75, 3.05) is 18.8 Å². The number of hydrogen-bond donors (Lipinski definition) is 0. The van der Waals surface area contributed by atoms with Gasteiger partial charge in [0, 0.05) is 18.7 Å². The Morgan fingerprint density at radius 3 is 2.12 bits per heavy atom. The molecule has 0 aromatic heterocycles. The summed E-state index contributed by atoms with van der Waals surface area (Å²) in [6, 6.07) is 3.22. The molecule has 0 unspecified atom stereocenters. The molecular formula is C17H23F2NO3S. The number of halogens is 2. The van der Waals surface area contributed by atoms with Crippen LogP contribution in [0.2, 0.25) is 0 Å². The van der Waals surface area contributed by atoms with E-state index in [1.165, 1.54) is 13.0 Å². The van der Waals surface area contributed by atoms with Crippen molar-refractivity contribution < 1.29 is 22.0 Å². The minimum Gasteiger partial charge on any atom is -0.342 e. The molecular weight excluding hydrogens is 336 g/mol. The van der Waals surface area contributed by atoms with Gasteiger partial charge in [0.25, 0.3) is 0 Å². The number of amides is 1. The molecule has 24 heavy (non-hydrogen) atoms. The van der Waals surface area contributed by atoms with Crippen LogP contribution in [-0.4, -0.2) is 38.1 Å². The van der Waals surface area contributed by atoms with Gasteiger partial charge >= 0.3 is 0 Å². The molecule has 1 heterocycles. The van der Waals surface area contributed by atoms with Gasteiger partial charge in [-0.25, -0.2) is 17.2 Å². The highest BCUT2D eigenvalue weighted by atomic mass is 32.2. The molecule has 0 bridgehead atoms. The average Bonchev–Trinajstić information content (AvgIpc) is 2.45. The first-order valence-electron chi connectivity index (χ1n) is 8.26. The van der Waals surface area contributed by atoms with Gasteiger partial charge in [0.15, 0.2) is 9.84 Å². The normalized spacial score (nSPS) is 17.9. The van der Waals surface area contributed by atoms with E-state index in [2.05, 4.69) is 0 Å². The summed E-state index contributed by atoms with van der Waals surface area (Å²) in [7, 11) is -4.00. The van der Waals surface area contributed by atoms with E-state index in [1.54, 1.807) is 4.90 Å². The molecule has 0 saturated carbocycles. The quantitative estimate of drug-likeness (QED) is 0.829. The summed E-state index contributed by atoms with van der Waals surface area (Å²) >= 11 is 0. The number of nitrogens with zero attached hydrogens (tertiary/aromatic N) is 1. The Labute approximate surface area is 141 Å². The highest BCUT2D eigenvalue weighted by Gasteiger charge is 2.31. The molecule has 2 rings (SSSR count). The lowest BCUT2D eigenvalue weighted by molar-refractivity contribution is -0.128. The van der Waals surface area contributed by atoms with Crippen LogP contribution in [0.4, 0.5) is 8.78 Å². The third-order valence-corrected chi connectivity index (χ3v) is 6.44. The molecule has 0 N–H and O–H groups in total. The summed E-state index contributed by atoms with van der Waals surface area (Å²) in [5.74, 6) is -3.03. The average molecular weight is 359 g/mol. The van der Waals surface area contributed by atoms with Gasteiger partial charge < -0.3 is 4.90 Å². The smallest absolute Gasteiger partial charge is 0.237 e. The van der Waals surface area contributed by atoms with Crippen LogP contribution >= 0.6 is 0 Å². The Balaban J connectivity index is 2.13. The van der Waals surface area contributed by atoms with Crippen LogP contribution in [0.25, 0.3) is 0 Å². The van der Waals surface area contributed by atoms with Gasteiger partial charge in [-0.05, 0) is 31.9 Å². The number of rotatable bonds is 4. The van der Waals surface area contributed by atoms with E-state index in [1.807, 2.05) is 0 Å². The van der Waals surface area contributed by atoms with Crippen LogP contribution < -0.4 is 0 Å². The fourth-order valence-corrected chi connectivity index (χ4v) is 4.32. The molecule has 1 saturated heterocycles. The van der Waals surface area contributed by atoms with Crippen LogP contribution in [-0.2, 0) is 14.6 Å². The van der Waals surface area contributed by atoms with Gasteiger partial charge in [-0.1, -0.05) is 25.3 Å². The minimum absolute atomic E-state index is 0.486. The van der Waals surface area contributed by atoms with Gasteiger partial charge in [-0.2, -0.15) is 0 Å². The summed E-state index contributed by atoms with van der Waals surface area (Å²) in [5, 5.41) is -1.41. The number of hydrogen-bond acceptors (Lipinski definition) is 3. The lowest BCUT2D eigenvalue weighted by atomic mass is 10.1. The lowest BCUT2D eigenvalue weighted by Crippen LogP contribution is -2.38. The van der Waals surface area contributed by atoms with Crippen molar-refractivity contribution in [3.63, 3.8) is 0 Å². The fourth-order valence-electron chi connectivity index (χ4n) is 2.96. The van der Waals surface area contributed by atoms with Gasteiger partial charge in [0.05, 0.1) is 5.25 Å². The van der Waals surface area contributed by atoms with Gasteiger partial charge in [0.2, 0.25) is 5.91 Å². The van der Waals surface area contributed by atoms with Gasteiger partial charge in [-0.15, -0.1) is 0 Å². The van der Waals surface area contributed by atoms with Crippen LogP contribution in [0.5, 0.6) is 0 Å². The monoisotopic (exact) mass is 359 g/mol. The topological polar surface area (TPSA) is 54.5 Å². The summed E-state index contributed by atoms with van der Waals surface area (Å²) in [6.07, 6.45) is 4.87. The maximum atomic E-state index is 13.8. The van der Waals surface area contributed by atoms with E-state index in [4.69, 9.17) is 0 Å². The zero-order chi connectivity index (χ0) is 17.7. The molecule has 134 valence electrons. The van der Waals surface area contributed by atoms with Crippen molar-refractivity contribution in [3.8, 4) is 0 Å². The van der Waals surface area contributed by atoms with E-state index in [9.17, 15) is 22.0 Å². The third kappa shape index (κ3) is 4.53. The first-order valence-corrected chi connectivity index (χ1v) is 9.97. The second-order valence-electron chi connectivity index (χ2n) is 6.23. The van der Waals surface area contributed by atoms with E-state index >= 15 is 0 Å². The second kappa shape index (κ2) is 8.05.